The lowest BCUT2D eigenvalue weighted by atomic mass is 10.2. The SMILES string of the molecule is CC1CCCN1CCCNCCNCCCN1CCOCC1. The predicted octanol–water partition coefficient (Wildman–Crippen LogP) is 0.762. The van der Waals surface area contributed by atoms with Crippen molar-refractivity contribution in [2.45, 2.75) is 38.6 Å². The summed E-state index contributed by atoms with van der Waals surface area (Å²) >= 11 is 0. The van der Waals surface area contributed by atoms with Crippen molar-refractivity contribution in [1.29, 1.82) is 0 Å². The van der Waals surface area contributed by atoms with E-state index >= 15 is 0 Å². The van der Waals surface area contributed by atoms with E-state index in [0.29, 0.717) is 0 Å². The van der Waals surface area contributed by atoms with Gasteiger partial charge in [-0.05, 0) is 65.3 Å². The highest BCUT2D eigenvalue weighted by atomic mass is 16.5. The van der Waals surface area contributed by atoms with E-state index in [2.05, 4.69) is 27.4 Å². The smallest absolute Gasteiger partial charge is 0.0594 e. The second-order valence-corrected chi connectivity index (χ2v) is 6.69. The molecule has 2 N–H and O–H groups in total. The quantitative estimate of drug-likeness (QED) is 0.551. The molecule has 0 aromatic carbocycles. The van der Waals surface area contributed by atoms with Gasteiger partial charge < -0.3 is 20.3 Å². The minimum atomic E-state index is 0.813. The van der Waals surface area contributed by atoms with Gasteiger partial charge in [0.2, 0.25) is 0 Å². The summed E-state index contributed by atoms with van der Waals surface area (Å²) in [7, 11) is 0. The number of rotatable bonds is 11. The van der Waals surface area contributed by atoms with Gasteiger partial charge in [-0.15, -0.1) is 0 Å². The fraction of sp³-hybridized carbons (Fsp3) is 1.00. The highest BCUT2D eigenvalue weighted by Gasteiger charge is 2.18. The average Bonchev–Trinajstić information content (AvgIpc) is 2.95. The van der Waals surface area contributed by atoms with Crippen LogP contribution in [0.2, 0.25) is 0 Å². The van der Waals surface area contributed by atoms with Gasteiger partial charge in [0.15, 0.2) is 0 Å². The maximum absolute atomic E-state index is 5.36. The second kappa shape index (κ2) is 11.4. The molecule has 2 rings (SSSR count). The molecule has 2 aliphatic rings. The first-order valence-corrected chi connectivity index (χ1v) is 9.32. The summed E-state index contributed by atoms with van der Waals surface area (Å²) in [5.74, 6) is 0. The van der Waals surface area contributed by atoms with Crippen LogP contribution in [-0.2, 0) is 4.74 Å². The largest absolute Gasteiger partial charge is 0.379 e. The molecule has 0 radical (unpaired) electrons. The van der Waals surface area contributed by atoms with E-state index in [-0.39, 0.29) is 0 Å². The third kappa shape index (κ3) is 7.38. The summed E-state index contributed by atoms with van der Waals surface area (Å²) in [6, 6.07) is 0.813. The summed E-state index contributed by atoms with van der Waals surface area (Å²) in [6.07, 6.45) is 5.30. The number of ether oxygens (including phenoxy) is 1. The van der Waals surface area contributed by atoms with Crippen LogP contribution in [0.15, 0.2) is 0 Å². The van der Waals surface area contributed by atoms with E-state index in [4.69, 9.17) is 4.74 Å². The molecule has 0 amide bonds. The Morgan fingerprint density at radius 3 is 2.23 bits per heavy atom. The minimum absolute atomic E-state index is 0.813. The van der Waals surface area contributed by atoms with Gasteiger partial charge in [0, 0.05) is 32.2 Å². The van der Waals surface area contributed by atoms with Crippen LogP contribution >= 0.6 is 0 Å². The van der Waals surface area contributed by atoms with Crippen molar-refractivity contribution in [2.24, 2.45) is 0 Å². The zero-order chi connectivity index (χ0) is 15.5. The van der Waals surface area contributed by atoms with E-state index in [1.165, 1.54) is 45.3 Å². The molecular formula is C17H36N4O. The Morgan fingerprint density at radius 1 is 0.909 bits per heavy atom. The molecule has 5 nitrogen and oxygen atoms in total. The first-order chi connectivity index (χ1) is 10.9. The lowest BCUT2D eigenvalue weighted by Gasteiger charge is -2.26. The van der Waals surface area contributed by atoms with Gasteiger partial charge in [0.25, 0.3) is 0 Å². The van der Waals surface area contributed by atoms with Crippen molar-refractivity contribution in [3.05, 3.63) is 0 Å². The zero-order valence-corrected chi connectivity index (χ0v) is 14.5. The third-order valence-corrected chi connectivity index (χ3v) is 4.90. The summed E-state index contributed by atoms with van der Waals surface area (Å²) in [6.45, 7) is 14.6. The fourth-order valence-corrected chi connectivity index (χ4v) is 3.41. The molecule has 0 bridgehead atoms. The number of likely N-dealkylation sites (tertiary alicyclic amines) is 1. The molecule has 2 aliphatic heterocycles. The van der Waals surface area contributed by atoms with E-state index in [0.717, 1.165) is 58.5 Å². The van der Waals surface area contributed by atoms with Crippen LogP contribution in [0.1, 0.15) is 32.6 Å². The van der Waals surface area contributed by atoms with Crippen LogP contribution in [0, 0.1) is 0 Å². The Kier molecular flexibility index (Phi) is 9.36. The van der Waals surface area contributed by atoms with E-state index in [1.807, 2.05) is 0 Å². The molecule has 0 aromatic rings. The summed E-state index contributed by atoms with van der Waals surface area (Å²) in [5.41, 5.74) is 0. The van der Waals surface area contributed by atoms with Gasteiger partial charge in [-0.1, -0.05) is 0 Å². The summed E-state index contributed by atoms with van der Waals surface area (Å²) < 4.78 is 5.36. The number of nitrogens with zero attached hydrogens (tertiary/aromatic N) is 2. The normalized spacial score (nSPS) is 24.1. The topological polar surface area (TPSA) is 39.8 Å². The van der Waals surface area contributed by atoms with Crippen molar-refractivity contribution in [3.8, 4) is 0 Å². The van der Waals surface area contributed by atoms with Gasteiger partial charge in [0.1, 0.15) is 0 Å². The van der Waals surface area contributed by atoms with Gasteiger partial charge in [-0.25, -0.2) is 0 Å². The molecule has 1 unspecified atom stereocenters. The van der Waals surface area contributed by atoms with E-state index in [9.17, 15) is 0 Å². The molecule has 1 atom stereocenters. The molecule has 0 aliphatic carbocycles. The fourth-order valence-electron chi connectivity index (χ4n) is 3.41. The first kappa shape index (κ1) is 18.1. The van der Waals surface area contributed by atoms with E-state index in [1.54, 1.807) is 0 Å². The Labute approximate surface area is 136 Å². The van der Waals surface area contributed by atoms with Crippen LogP contribution in [0.5, 0.6) is 0 Å². The lowest BCUT2D eigenvalue weighted by molar-refractivity contribution is 0.0375. The van der Waals surface area contributed by atoms with Gasteiger partial charge in [-0.3, -0.25) is 4.90 Å². The predicted molar refractivity (Wildman–Crippen MR) is 92.5 cm³/mol. The standard InChI is InChI=1S/C17H36N4O/c1-17-5-2-11-21(17)12-4-7-19-9-8-18-6-3-10-20-13-15-22-16-14-20/h17-19H,2-16H2,1H3. The van der Waals surface area contributed by atoms with Crippen LogP contribution in [-0.4, -0.2) is 88.0 Å². The van der Waals surface area contributed by atoms with Crippen LogP contribution in [0.25, 0.3) is 0 Å². The van der Waals surface area contributed by atoms with Crippen LogP contribution in [0.4, 0.5) is 0 Å². The number of hydrogen-bond acceptors (Lipinski definition) is 5. The van der Waals surface area contributed by atoms with Crippen molar-refractivity contribution in [3.63, 3.8) is 0 Å². The van der Waals surface area contributed by atoms with Crippen molar-refractivity contribution < 1.29 is 4.74 Å². The highest BCUT2D eigenvalue weighted by Crippen LogP contribution is 2.15. The Bertz CT molecular complexity index is 271. The maximum Gasteiger partial charge on any atom is 0.0594 e. The summed E-state index contributed by atoms with van der Waals surface area (Å²) in [4.78, 5) is 5.13. The van der Waals surface area contributed by atoms with Crippen molar-refractivity contribution in [2.75, 3.05) is 72.1 Å². The monoisotopic (exact) mass is 312 g/mol. The van der Waals surface area contributed by atoms with Crippen molar-refractivity contribution in [1.82, 2.24) is 20.4 Å². The molecule has 130 valence electrons. The van der Waals surface area contributed by atoms with Gasteiger partial charge in [-0.2, -0.15) is 0 Å². The van der Waals surface area contributed by atoms with Gasteiger partial charge >= 0.3 is 0 Å². The molecular weight excluding hydrogens is 276 g/mol. The first-order valence-electron chi connectivity index (χ1n) is 9.32. The second-order valence-electron chi connectivity index (χ2n) is 6.69. The number of hydrogen-bond donors (Lipinski definition) is 2. The minimum Gasteiger partial charge on any atom is -0.379 e. The lowest BCUT2D eigenvalue weighted by Crippen LogP contribution is -2.38. The molecule has 2 fully saturated rings. The number of nitrogens with one attached hydrogen (secondary N) is 2. The molecule has 0 saturated carbocycles. The molecule has 5 heteroatoms. The van der Waals surface area contributed by atoms with Crippen molar-refractivity contribution >= 4 is 0 Å². The molecule has 2 heterocycles. The average molecular weight is 313 g/mol. The van der Waals surface area contributed by atoms with Crippen LogP contribution < -0.4 is 10.6 Å². The molecule has 2 saturated heterocycles. The Morgan fingerprint density at radius 2 is 1.59 bits per heavy atom. The summed E-state index contributed by atoms with van der Waals surface area (Å²) in [5, 5.41) is 7.08. The highest BCUT2D eigenvalue weighted by molar-refractivity contribution is 4.74. The Balaban J connectivity index is 1.30. The molecule has 0 aromatic heterocycles. The van der Waals surface area contributed by atoms with Gasteiger partial charge in [0.05, 0.1) is 13.2 Å². The van der Waals surface area contributed by atoms with Crippen LogP contribution in [0.3, 0.4) is 0 Å². The third-order valence-electron chi connectivity index (χ3n) is 4.90. The van der Waals surface area contributed by atoms with E-state index < -0.39 is 0 Å². The zero-order valence-electron chi connectivity index (χ0n) is 14.5. The molecule has 22 heavy (non-hydrogen) atoms. The molecule has 0 spiro atoms. The number of morpholine rings is 1. The maximum atomic E-state index is 5.36. The Hall–Kier alpha value is -0.200.